The maximum atomic E-state index is 12.2. The van der Waals surface area contributed by atoms with Crippen LogP contribution in [0.1, 0.15) is 37.0 Å². The molecule has 0 saturated heterocycles. The van der Waals surface area contributed by atoms with Gasteiger partial charge in [-0.2, -0.15) is 0 Å². The maximum absolute atomic E-state index is 12.2. The molecule has 2 aromatic rings. The molecule has 1 aromatic carbocycles. The van der Waals surface area contributed by atoms with Crippen molar-refractivity contribution in [3.63, 3.8) is 0 Å². The Balaban J connectivity index is 2.01. The van der Waals surface area contributed by atoms with Gasteiger partial charge in [-0.05, 0) is 18.4 Å². The number of aryl methyl sites for hydroxylation is 1. The fourth-order valence-corrected chi connectivity index (χ4v) is 2.20. The zero-order valence-corrected chi connectivity index (χ0v) is 12.6. The second kappa shape index (κ2) is 6.43. The first-order chi connectivity index (χ1) is 9.99. The predicted molar refractivity (Wildman–Crippen MR) is 82.6 cm³/mol. The Morgan fingerprint density at radius 3 is 2.62 bits per heavy atom. The van der Waals surface area contributed by atoms with Crippen LogP contribution in [0.5, 0.6) is 0 Å². The number of nitrogens with zero attached hydrogens (tertiary/aromatic N) is 1. The zero-order valence-electron chi connectivity index (χ0n) is 12.6. The zero-order chi connectivity index (χ0) is 15.4. The molecule has 0 aliphatic carbocycles. The van der Waals surface area contributed by atoms with E-state index in [1.54, 1.807) is 6.20 Å². The minimum absolute atomic E-state index is 0.169. The van der Waals surface area contributed by atoms with E-state index < -0.39 is 0 Å². The maximum Gasteiger partial charge on any atom is 0.271 e. The van der Waals surface area contributed by atoms with Crippen LogP contribution in [0.25, 0.3) is 10.9 Å². The summed E-state index contributed by atoms with van der Waals surface area (Å²) in [6, 6.07) is 7.66. The van der Waals surface area contributed by atoms with Gasteiger partial charge in [0.15, 0.2) is 0 Å². The summed E-state index contributed by atoms with van der Waals surface area (Å²) in [5, 5.41) is 0.869. The minimum Gasteiger partial charge on any atom is -0.350 e. The molecule has 2 N–H and O–H groups in total. The molecule has 0 aliphatic rings. The highest BCUT2D eigenvalue weighted by Crippen LogP contribution is 2.19. The van der Waals surface area contributed by atoms with Gasteiger partial charge in [0.2, 0.25) is 5.91 Å². The van der Waals surface area contributed by atoms with E-state index in [1.165, 1.54) is 0 Å². The number of aromatic nitrogens is 1. The van der Waals surface area contributed by atoms with Crippen LogP contribution in [0, 0.1) is 5.92 Å². The first-order valence-electron chi connectivity index (χ1n) is 7.12. The second-order valence-corrected chi connectivity index (χ2v) is 5.61. The summed E-state index contributed by atoms with van der Waals surface area (Å²) in [5.74, 6) is -0.00787. The Morgan fingerprint density at radius 1 is 1.19 bits per heavy atom. The van der Waals surface area contributed by atoms with Crippen LogP contribution >= 0.6 is 0 Å². The van der Waals surface area contributed by atoms with Crippen LogP contribution in [0.3, 0.4) is 0 Å². The van der Waals surface area contributed by atoms with Gasteiger partial charge in [-0.1, -0.05) is 32.0 Å². The third kappa shape index (κ3) is 3.62. The molecule has 0 saturated carbocycles. The van der Waals surface area contributed by atoms with Crippen molar-refractivity contribution in [1.29, 1.82) is 0 Å². The molecule has 1 heterocycles. The fraction of sp³-hybridized carbons (Fsp3) is 0.375. The van der Waals surface area contributed by atoms with E-state index in [9.17, 15) is 9.59 Å². The lowest BCUT2D eigenvalue weighted by atomic mass is 10.1. The van der Waals surface area contributed by atoms with E-state index in [2.05, 4.69) is 24.7 Å². The lowest BCUT2D eigenvalue weighted by Gasteiger charge is -2.08. The summed E-state index contributed by atoms with van der Waals surface area (Å²) >= 11 is 0. The number of carbonyl (C=O) groups is 2. The molecular weight excluding hydrogens is 266 g/mol. The topological polar surface area (TPSA) is 63.1 Å². The van der Waals surface area contributed by atoms with Gasteiger partial charge in [0.1, 0.15) is 0 Å². The van der Waals surface area contributed by atoms with Gasteiger partial charge in [0.25, 0.3) is 5.91 Å². The highest BCUT2D eigenvalue weighted by molar-refractivity contribution is 6.07. The van der Waals surface area contributed by atoms with Gasteiger partial charge >= 0.3 is 0 Å². The van der Waals surface area contributed by atoms with Crippen LogP contribution in [0.2, 0.25) is 0 Å². The predicted octanol–water partition coefficient (Wildman–Crippen LogP) is 2.38. The minimum atomic E-state index is -0.301. The van der Waals surface area contributed by atoms with Crippen molar-refractivity contribution in [1.82, 2.24) is 15.4 Å². The van der Waals surface area contributed by atoms with Crippen molar-refractivity contribution < 1.29 is 9.59 Å². The van der Waals surface area contributed by atoms with Crippen molar-refractivity contribution in [2.45, 2.75) is 26.7 Å². The SMILES string of the molecule is CC(C)CCC(=O)NNC(=O)c1cn(C)c2ccccc12. The van der Waals surface area contributed by atoms with E-state index >= 15 is 0 Å². The van der Waals surface area contributed by atoms with Crippen LogP contribution in [-0.4, -0.2) is 16.4 Å². The molecule has 1 aromatic heterocycles. The molecule has 2 amide bonds. The number of hydrazine groups is 1. The molecule has 0 fully saturated rings. The second-order valence-electron chi connectivity index (χ2n) is 5.61. The molecule has 0 unspecified atom stereocenters. The summed E-state index contributed by atoms with van der Waals surface area (Å²) in [7, 11) is 1.89. The lowest BCUT2D eigenvalue weighted by Crippen LogP contribution is -2.41. The Morgan fingerprint density at radius 2 is 1.90 bits per heavy atom. The molecule has 112 valence electrons. The highest BCUT2D eigenvalue weighted by atomic mass is 16.2. The molecule has 5 heteroatoms. The van der Waals surface area contributed by atoms with E-state index in [0.717, 1.165) is 17.3 Å². The smallest absolute Gasteiger partial charge is 0.271 e. The summed E-state index contributed by atoms with van der Waals surface area (Å²) in [6.45, 7) is 4.12. The number of hydrogen-bond acceptors (Lipinski definition) is 2. The van der Waals surface area contributed by atoms with Crippen molar-refractivity contribution >= 4 is 22.7 Å². The summed E-state index contributed by atoms with van der Waals surface area (Å²) in [4.78, 5) is 23.8. The largest absolute Gasteiger partial charge is 0.350 e. The van der Waals surface area contributed by atoms with E-state index in [4.69, 9.17) is 0 Å². The third-order valence-corrected chi connectivity index (χ3v) is 3.41. The monoisotopic (exact) mass is 287 g/mol. The normalized spacial score (nSPS) is 10.9. The molecule has 0 radical (unpaired) electrons. The van der Waals surface area contributed by atoms with Crippen molar-refractivity contribution in [3.05, 3.63) is 36.0 Å². The van der Waals surface area contributed by atoms with Gasteiger partial charge in [-0.15, -0.1) is 0 Å². The standard InChI is InChI=1S/C16H21N3O2/c1-11(2)8-9-15(20)17-18-16(21)13-10-19(3)14-7-5-4-6-12(13)14/h4-7,10-11H,8-9H2,1-3H3,(H,17,20)(H,18,21). The van der Waals surface area contributed by atoms with Gasteiger partial charge in [-0.3, -0.25) is 20.4 Å². The van der Waals surface area contributed by atoms with Crippen LogP contribution < -0.4 is 10.9 Å². The van der Waals surface area contributed by atoms with Crippen molar-refractivity contribution in [3.8, 4) is 0 Å². The number of carbonyl (C=O) groups excluding carboxylic acids is 2. The van der Waals surface area contributed by atoms with Gasteiger partial charge < -0.3 is 4.57 Å². The molecule has 0 aliphatic heterocycles. The summed E-state index contributed by atoms with van der Waals surface area (Å²) in [6.07, 6.45) is 2.98. The number of amides is 2. The van der Waals surface area contributed by atoms with E-state index in [0.29, 0.717) is 17.9 Å². The van der Waals surface area contributed by atoms with Crippen LogP contribution in [-0.2, 0) is 11.8 Å². The Hall–Kier alpha value is -2.30. The van der Waals surface area contributed by atoms with Gasteiger partial charge in [-0.25, -0.2) is 0 Å². The molecule has 0 bridgehead atoms. The third-order valence-electron chi connectivity index (χ3n) is 3.41. The lowest BCUT2D eigenvalue weighted by molar-refractivity contribution is -0.122. The fourth-order valence-electron chi connectivity index (χ4n) is 2.20. The first-order valence-corrected chi connectivity index (χ1v) is 7.12. The van der Waals surface area contributed by atoms with Gasteiger partial charge in [0.05, 0.1) is 5.56 Å². The van der Waals surface area contributed by atoms with E-state index in [1.807, 2.05) is 35.9 Å². The molecule has 5 nitrogen and oxygen atoms in total. The number of rotatable bonds is 4. The number of para-hydroxylation sites is 1. The summed E-state index contributed by atoms with van der Waals surface area (Å²) in [5.41, 5.74) is 6.47. The molecule has 2 rings (SSSR count). The quantitative estimate of drug-likeness (QED) is 0.848. The molecule has 0 spiro atoms. The van der Waals surface area contributed by atoms with Crippen LogP contribution in [0.15, 0.2) is 30.5 Å². The summed E-state index contributed by atoms with van der Waals surface area (Å²) < 4.78 is 1.89. The van der Waals surface area contributed by atoms with Crippen LogP contribution in [0.4, 0.5) is 0 Å². The average Bonchev–Trinajstić information content (AvgIpc) is 2.80. The number of nitrogens with one attached hydrogen (secondary N) is 2. The number of fused-ring (bicyclic) bond motifs is 1. The number of benzene rings is 1. The number of hydrogen-bond donors (Lipinski definition) is 2. The Bertz CT molecular complexity index is 659. The molecule has 0 atom stereocenters. The molecular formula is C16H21N3O2. The average molecular weight is 287 g/mol. The van der Waals surface area contributed by atoms with Crippen molar-refractivity contribution in [2.75, 3.05) is 0 Å². The Kier molecular flexibility index (Phi) is 4.62. The highest BCUT2D eigenvalue weighted by Gasteiger charge is 2.14. The Labute approximate surface area is 124 Å². The molecule has 21 heavy (non-hydrogen) atoms. The first kappa shape index (κ1) is 15.1. The van der Waals surface area contributed by atoms with E-state index in [-0.39, 0.29) is 11.8 Å². The van der Waals surface area contributed by atoms with Gasteiger partial charge in [0, 0.05) is 30.6 Å². The van der Waals surface area contributed by atoms with Crippen molar-refractivity contribution in [2.24, 2.45) is 13.0 Å².